The van der Waals surface area contributed by atoms with Gasteiger partial charge in [0.05, 0.1) is 9.88 Å². The molecule has 1 aromatic rings. The summed E-state index contributed by atoms with van der Waals surface area (Å²) in [6, 6.07) is 0.268. The van der Waals surface area contributed by atoms with Gasteiger partial charge in [0.25, 0.3) is 0 Å². The van der Waals surface area contributed by atoms with Crippen molar-refractivity contribution in [1.29, 1.82) is 0 Å². The summed E-state index contributed by atoms with van der Waals surface area (Å²) in [5.74, 6) is 0. The molecule has 0 spiro atoms. The highest BCUT2D eigenvalue weighted by atomic mass is 32.1. The summed E-state index contributed by atoms with van der Waals surface area (Å²) in [7, 11) is 0. The molecule has 4 heteroatoms. The van der Waals surface area contributed by atoms with Crippen LogP contribution in [0.4, 0.5) is 0 Å². The second kappa shape index (κ2) is 3.61. The van der Waals surface area contributed by atoms with E-state index in [0.29, 0.717) is 0 Å². The molecule has 3 N–H and O–H groups in total. The van der Waals surface area contributed by atoms with E-state index in [1.54, 1.807) is 17.5 Å². The first kappa shape index (κ1) is 10.1. The summed E-state index contributed by atoms with van der Waals surface area (Å²) < 4.78 is 0. The third-order valence-electron chi connectivity index (χ3n) is 2.94. The van der Waals surface area contributed by atoms with Crippen molar-refractivity contribution in [3.63, 3.8) is 0 Å². The van der Waals surface area contributed by atoms with Crippen molar-refractivity contribution in [2.75, 3.05) is 0 Å². The number of nitrogens with two attached hydrogens (primary N) is 1. The van der Waals surface area contributed by atoms with E-state index in [2.05, 4.69) is 4.98 Å². The van der Waals surface area contributed by atoms with Gasteiger partial charge in [0.2, 0.25) is 0 Å². The first-order valence-corrected chi connectivity index (χ1v) is 5.83. The molecule has 1 aromatic heterocycles. The average molecular weight is 212 g/mol. The topological polar surface area (TPSA) is 59.1 Å². The highest BCUT2D eigenvalue weighted by molar-refractivity contribution is 7.11. The smallest absolute Gasteiger partial charge is 0.100 e. The maximum Gasteiger partial charge on any atom is 0.100 e. The highest BCUT2D eigenvalue weighted by Crippen LogP contribution is 2.38. The van der Waals surface area contributed by atoms with Gasteiger partial charge >= 0.3 is 0 Å². The molecule has 2 rings (SSSR count). The van der Waals surface area contributed by atoms with Gasteiger partial charge in [-0.2, -0.15) is 0 Å². The van der Waals surface area contributed by atoms with E-state index in [1.807, 2.05) is 6.92 Å². The predicted molar refractivity (Wildman–Crippen MR) is 57.2 cm³/mol. The Labute approximate surface area is 88.0 Å². The van der Waals surface area contributed by atoms with Crippen LogP contribution in [0.5, 0.6) is 0 Å². The van der Waals surface area contributed by atoms with Gasteiger partial charge in [-0.1, -0.05) is 0 Å². The Hall–Kier alpha value is -0.450. The molecule has 1 fully saturated rings. The zero-order chi connectivity index (χ0) is 10.2. The van der Waals surface area contributed by atoms with Gasteiger partial charge < -0.3 is 10.8 Å². The molecule has 78 valence electrons. The summed E-state index contributed by atoms with van der Waals surface area (Å²) in [4.78, 5) is 5.19. The van der Waals surface area contributed by atoms with Gasteiger partial charge in [-0.05, 0) is 32.6 Å². The summed E-state index contributed by atoms with van der Waals surface area (Å²) >= 11 is 1.59. The van der Waals surface area contributed by atoms with Crippen molar-refractivity contribution < 1.29 is 5.11 Å². The van der Waals surface area contributed by atoms with E-state index in [0.717, 1.165) is 35.6 Å². The number of hydrogen-bond donors (Lipinski definition) is 2. The molecule has 0 radical (unpaired) electrons. The molecule has 3 nitrogen and oxygen atoms in total. The number of rotatable bonds is 1. The fraction of sp³-hybridized carbons (Fsp3) is 0.700. The largest absolute Gasteiger partial charge is 0.384 e. The first-order valence-electron chi connectivity index (χ1n) is 5.01. The van der Waals surface area contributed by atoms with E-state index in [-0.39, 0.29) is 6.04 Å². The third kappa shape index (κ3) is 1.82. The molecule has 0 aromatic carbocycles. The van der Waals surface area contributed by atoms with Crippen molar-refractivity contribution in [2.24, 2.45) is 5.73 Å². The van der Waals surface area contributed by atoms with Crippen molar-refractivity contribution in [3.8, 4) is 0 Å². The van der Waals surface area contributed by atoms with Gasteiger partial charge in [-0.25, -0.2) is 4.98 Å². The molecule has 1 saturated carbocycles. The van der Waals surface area contributed by atoms with Gasteiger partial charge in [0.1, 0.15) is 5.60 Å². The molecule has 1 aliphatic rings. The molecule has 0 saturated heterocycles. The zero-order valence-corrected chi connectivity index (χ0v) is 9.18. The fourth-order valence-corrected chi connectivity index (χ4v) is 2.86. The van der Waals surface area contributed by atoms with Crippen LogP contribution in [0.25, 0.3) is 0 Å². The van der Waals surface area contributed by atoms with Gasteiger partial charge in [0, 0.05) is 12.2 Å². The molecule has 14 heavy (non-hydrogen) atoms. The first-order chi connectivity index (χ1) is 6.60. The van der Waals surface area contributed by atoms with E-state index in [4.69, 9.17) is 5.73 Å². The number of aliphatic hydroxyl groups is 1. The zero-order valence-electron chi connectivity index (χ0n) is 8.36. The minimum absolute atomic E-state index is 0.268. The Morgan fingerprint density at radius 1 is 1.57 bits per heavy atom. The molecule has 0 amide bonds. The SMILES string of the molecule is Cc1ncc(C2(O)CCC(N)CC2)s1. The molecule has 1 aliphatic carbocycles. The number of aryl methyl sites for hydroxylation is 1. The molecule has 0 aliphatic heterocycles. The average Bonchev–Trinajstić information content (AvgIpc) is 2.58. The summed E-state index contributed by atoms with van der Waals surface area (Å²) in [5, 5.41) is 11.4. The Morgan fingerprint density at radius 2 is 2.21 bits per heavy atom. The standard InChI is InChI=1S/C10H16N2OS/c1-7-12-6-9(14-7)10(13)4-2-8(11)3-5-10/h6,8,13H,2-5,11H2,1H3. The maximum atomic E-state index is 10.4. The normalized spacial score (nSPS) is 33.2. The lowest BCUT2D eigenvalue weighted by molar-refractivity contribution is -0.00175. The summed E-state index contributed by atoms with van der Waals surface area (Å²) in [6.07, 6.45) is 5.17. The van der Waals surface area contributed by atoms with Gasteiger partial charge in [-0.15, -0.1) is 11.3 Å². The monoisotopic (exact) mass is 212 g/mol. The molecule has 0 unspecified atom stereocenters. The minimum atomic E-state index is -0.651. The van der Waals surface area contributed by atoms with Crippen molar-refractivity contribution >= 4 is 11.3 Å². The Balaban J connectivity index is 2.16. The van der Waals surface area contributed by atoms with Crippen LogP contribution in [-0.2, 0) is 5.60 Å². The lowest BCUT2D eigenvalue weighted by Gasteiger charge is -2.33. The van der Waals surface area contributed by atoms with E-state index in [1.165, 1.54) is 0 Å². The summed E-state index contributed by atoms with van der Waals surface area (Å²) in [6.45, 7) is 1.96. The second-order valence-corrected chi connectivity index (χ2v) is 5.35. The van der Waals surface area contributed by atoms with E-state index >= 15 is 0 Å². The van der Waals surface area contributed by atoms with Gasteiger partial charge in [-0.3, -0.25) is 0 Å². The van der Waals surface area contributed by atoms with Crippen LogP contribution in [-0.4, -0.2) is 16.1 Å². The molecular formula is C10H16N2OS. The minimum Gasteiger partial charge on any atom is -0.384 e. The number of hydrogen-bond acceptors (Lipinski definition) is 4. The number of thiazole rings is 1. The van der Waals surface area contributed by atoms with Crippen molar-refractivity contribution in [2.45, 2.75) is 44.2 Å². The molecular weight excluding hydrogens is 196 g/mol. The van der Waals surface area contributed by atoms with Crippen LogP contribution >= 0.6 is 11.3 Å². The van der Waals surface area contributed by atoms with Crippen LogP contribution in [0.2, 0.25) is 0 Å². The van der Waals surface area contributed by atoms with Crippen LogP contribution in [0.15, 0.2) is 6.20 Å². The van der Waals surface area contributed by atoms with Crippen LogP contribution in [0.1, 0.15) is 35.6 Å². The Morgan fingerprint density at radius 3 is 2.71 bits per heavy atom. The van der Waals surface area contributed by atoms with Crippen molar-refractivity contribution in [3.05, 3.63) is 16.1 Å². The number of aromatic nitrogens is 1. The van der Waals surface area contributed by atoms with Crippen LogP contribution < -0.4 is 5.73 Å². The second-order valence-electron chi connectivity index (χ2n) is 4.11. The lowest BCUT2D eigenvalue weighted by atomic mass is 9.82. The molecule has 1 heterocycles. The molecule has 0 bridgehead atoms. The van der Waals surface area contributed by atoms with E-state index in [9.17, 15) is 5.11 Å². The van der Waals surface area contributed by atoms with Crippen LogP contribution in [0.3, 0.4) is 0 Å². The van der Waals surface area contributed by atoms with Crippen molar-refractivity contribution in [1.82, 2.24) is 4.98 Å². The maximum absolute atomic E-state index is 10.4. The predicted octanol–water partition coefficient (Wildman–Crippen LogP) is 1.54. The fourth-order valence-electron chi connectivity index (χ4n) is 1.94. The molecule has 0 atom stereocenters. The van der Waals surface area contributed by atoms with Crippen LogP contribution in [0, 0.1) is 6.92 Å². The highest BCUT2D eigenvalue weighted by Gasteiger charge is 2.35. The Kier molecular flexibility index (Phi) is 2.60. The van der Waals surface area contributed by atoms with Gasteiger partial charge in [0.15, 0.2) is 0 Å². The summed E-state index contributed by atoms with van der Waals surface area (Å²) in [5.41, 5.74) is 5.16. The van der Waals surface area contributed by atoms with E-state index < -0.39 is 5.60 Å². The quantitative estimate of drug-likeness (QED) is 0.742. The Bertz CT molecular complexity index is 316. The lowest BCUT2D eigenvalue weighted by Crippen LogP contribution is -2.36. The third-order valence-corrected chi connectivity index (χ3v) is 4.04. The number of nitrogens with zero attached hydrogens (tertiary/aromatic N) is 1.